The van der Waals surface area contributed by atoms with Gasteiger partial charge in [0, 0.05) is 30.0 Å². The van der Waals surface area contributed by atoms with Crippen LogP contribution in [0.15, 0.2) is 30.9 Å². The van der Waals surface area contributed by atoms with Gasteiger partial charge in [0.1, 0.15) is 17.8 Å². The van der Waals surface area contributed by atoms with Crippen LogP contribution >= 0.6 is 0 Å². The van der Waals surface area contributed by atoms with Crippen LogP contribution in [0.1, 0.15) is 30.5 Å². The van der Waals surface area contributed by atoms with E-state index in [4.69, 9.17) is 5.73 Å². The molecule has 1 fully saturated rings. The van der Waals surface area contributed by atoms with Crippen LogP contribution in [-0.4, -0.2) is 35.9 Å². The number of fused-ring (bicyclic) bond motifs is 1. The Bertz CT molecular complexity index is 765. The first-order valence-electron chi connectivity index (χ1n) is 6.98. The van der Waals surface area contributed by atoms with Crippen molar-refractivity contribution in [3.05, 3.63) is 36.5 Å². The normalized spacial score (nSPS) is 25.7. The molecule has 0 spiro atoms. The van der Waals surface area contributed by atoms with E-state index in [1.807, 2.05) is 18.3 Å². The number of aromatic amines is 1. The molecule has 4 rings (SSSR count). The molecule has 0 saturated heterocycles. The smallest absolute Gasteiger partial charge is 0.145 e. The molecule has 3 aromatic heterocycles. The maximum atomic E-state index is 10.3. The summed E-state index contributed by atoms with van der Waals surface area (Å²) in [5, 5.41) is 18.1. The number of nitrogen functional groups attached to an aromatic ring is 1. The van der Waals surface area contributed by atoms with Crippen molar-refractivity contribution in [1.82, 2.24) is 24.7 Å². The Balaban J connectivity index is 1.69. The quantitative estimate of drug-likeness (QED) is 0.656. The highest BCUT2D eigenvalue weighted by Gasteiger charge is 2.36. The molecule has 1 saturated carbocycles. The van der Waals surface area contributed by atoms with Crippen molar-refractivity contribution in [3.63, 3.8) is 0 Å². The molecule has 0 amide bonds. The minimum Gasteiger partial charge on any atom is -0.392 e. The van der Waals surface area contributed by atoms with Crippen molar-refractivity contribution in [2.45, 2.75) is 30.9 Å². The SMILES string of the molecule is Nc1ncnc2c1ccn2[C@@H]1C[C@H](c2ccn[nH]2)[C@@H](O)C1. The van der Waals surface area contributed by atoms with Crippen molar-refractivity contribution in [2.75, 3.05) is 5.73 Å². The number of aliphatic hydroxyl groups excluding tert-OH is 1. The lowest BCUT2D eigenvalue weighted by molar-refractivity contribution is 0.159. The van der Waals surface area contributed by atoms with Crippen LogP contribution in [0.4, 0.5) is 5.82 Å². The minimum absolute atomic E-state index is 0.0779. The molecule has 21 heavy (non-hydrogen) atoms. The maximum Gasteiger partial charge on any atom is 0.145 e. The van der Waals surface area contributed by atoms with Gasteiger partial charge in [-0.1, -0.05) is 0 Å². The summed E-state index contributed by atoms with van der Waals surface area (Å²) in [6, 6.07) is 4.05. The third-order valence-corrected chi connectivity index (χ3v) is 4.36. The number of nitrogens with two attached hydrogens (primary N) is 1. The number of nitrogens with one attached hydrogen (secondary N) is 1. The zero-order valence-electron chi connectivity index (χ0n) is 11.3. The van der Waals surface area contributed by atoms with Crippen LogP contribution in [0.3, 0.4) is 0 Å². The highest BCUT2D eigenvalue weighted by Crippen LogP contribution is 2.41. The van der Waals surface area contributed by atoms with Crippen LogP contribution in [0.5, 0.6) is 0 Å². The Hall–Kier alpha value is -2.41. The van der Waals surface area contributed by atoms with Gasteiger partial charge in [0.05, 0.1) is 11.5 Å². The van der Waals surface area contributed by atoms with Crippen molar-refractivity contribution in [1.29, 1.82) is 0 Å². The second kappa shape index (κ2) is 4.56. The predicted octanol–water partition coefficient (Wildman–Crippen LogP) is 1.22. The molecule has 0 aromatic carbocycles. The van der Waals surface area contributed by atoms with Crippen LogP contribution in [0.25, 0.3) is 11.0 Å². The molecule has 3 atom stereocenters. The molecule has 3 heterocycles. The summed E-state index contributed by atoms with van der Waals surface area (Å²) >= 11 is 0. The van der Waals surface area contributed by atoms with Gasteiger partial charge in [-0.25, -0.2) is 9.97 Å². The molecule has 0 aliphatic heterocycles. The van der Waals surface area contributed by atoms with Gasteiger partial charge < -0.3 is 15.4 Å². The van der Waals surface area contributed by atoms with Crippen LogP contribution in [-0.2, 0) is 0 Å². The number of hydrogen-bond donors (Lipinski definition) is 3. The van der Waals surface area contributed by atoms with Gasteiger partial charge in [-0.2, -0.15) is 5.10 Å². The molecule has 0 bridgehead atoms. The zero-order valence-corrected chi connectivity index (χ0v) is 11.3. The van der Waals surface area contributed by atoms with Gasteiger partial charge in [0.15, 0.2) is 0 Å². The molecule has 0 radical (unpaired) electrons. The first-order chi connectivity index (χ1) is 10.2. The molecular weight excluding hydrogens is 268 g/mol. The number of hydrogen-bond acceptors (Lipinski definition) is 5. The summed E-state index contributed by atoms with van der Waals surface area (Å²) in [6.45, 7) is 0. The third kappa shape index (κ3) is 1.89. The largest absolute Gasteiger partial charge is 0.392 e. The second-order valence-corrected chi connectivity index (χ2v) is 5.53. The number of aliphatic hydroxyl groups is 1. The lowest BCUT2D eigenvalue weighted by Crippen LogP contribution is -2.11. The first kappa shape index (κ1) is 12.3. The Labute approximate surface area is 120 Å². The van der Waals surface area contributed by atoms with E-state index in [0.717, 1.165) is 23.1 Å². The number of anilines is 1. The van der Waals surface area contributed by atoms with Gasteiger partial charge in [-0.3, -0.25) is 5.10 Å². The van der Waals surface area contributed by atoms with Gasteiger partial charge >= 0.3 is 0 Å². The monoisotopic (exact) mass is 284 g/mol. The predicted molar refractivity (Wildman–Crippen MR) is 77.5 cm³/mol. The van der Waals surface area contributed by atoms with E-state index in [1.165, 1.54) is 6.33 Å². The molecule has 3 aromatic rings. The molecule has 0 unspecified atom stereocenters. The summed E-state index contributed by atoms with van der Waals surface area (Å²) < 4.78 is 2.09. The Morgan fingerprint density at radius 2 is 2.19 bits per heavy atom. The van der Waals surface area contributed by atoms with E-state index in [0.29, 0.717) is 12.2 Å². The third-order valence-electron chi connectivity index (χ3n) is 4.36. The van der Waals surface area contributed by atoms with Crippen molar-refractivity contribution < 1.29 is 5.11 Å². The molecular formula is C14H16N6O. The van der Waals surface area contributed by atoms with Gasteiger partial charge in [0.25, 0.3) is 0 Å². The molecule has 4 N–H and O–H groups in total. The lowest BCUT2D eigenvalue weighted by atomic mass is 10.0. The average Bonchev–Trinajstić information content (AvgIpc) is 3.16. The fraction of sp³-hybridized carbons (Fsp3) is 0.357. The molecule has 108 valence electrons. The zero-order chi connectivity index (χ0) is 14.4. The Kier molecular flexibility index (Phi) is 2.68. The number of H-pyrrole nitrogens is 1. The summed E-state index contributed by atoms with van der Waals surface area (Å²) in [6.07, 6.45) is 6.32. The molecule has 1 aliphatic rings. The van der Waals surface area contributed by atoms with Crippen molar-refractivity contribution >= 4 is 16.9 Å². The number of aromatic nitrogens is 5. The van der Waals surface area contributed by atoms with Gasteiger partial charge in [0.2, 0.25) is 0 Å². The molecule has 1 aliphatic carbocycles. The topological polar surface area (TPSA) is 106 Å². The van der Waals surface area contributed by atoms with Crippen molar-refractivity contribution in [3.8, 4) is 0 Å². The molecule has 7 heteroatoms. The first-order valence-corrected chi connectivity index (χ1v) is 6.98. The van der Waals surface area contributed by atoms with E-state index < -0.39 is 0 Å². The van der Waals surface area contributed by atoms with Crippen LogP contribution in [0, 0.1) is 0 Å². The highest BCUT2D eigenvalue weighted by molar-refractivity contribution is 5.86. The fourth-order valence-electron chi connectivity index (χ4n) is 3.31. The number of rotatable bonds is 2. The maximum absolute atomic E-state index is 10.3. The summed E-state index contributed by atoms with van der Waals surface area (Å²) in [5.74, 6) is 0.566. The van der Waals surface area contributed by atoms with Gasteiger partial charge in [-0.05, 0) is 25.0 Å². The van der Waals surface area contributed by atoms with E-state index in [2.05, 4.69) is 24.7 Å². The highest BCUT2D eigenvalue weighted by atomic mass is 16.3. The Morgan fingerprint density at radius 3 is 3.00 bits per heavy atom. The van der Waals surface area contributed by atoms with E-state index in [-0.39, 0.29) is 18.1 Å². The van der Waals surface area contributed by atoms with Crippen molar-refractivity contribution in [2.24, 2.45) is 0 Å². The average molecular weight is 284 g/mol. The number of nitrogens with zero attached hydrogens (tertiary/aromatic N) is 4. The fourth-order valence-corrected chi connectivity index (χ4v) is 3.31. The van der Waals surface area contributed by atoms with E-state index in [9.17, 15) is 5.11 Å². The van der Waals surface area contributed by atoms with Gasteiger partial charge in [-0.15, -0.1) is 0 Å². The summed E-state index contributed by atoms with van der Waals surface area (Å²) in [5.41, 5.74) is 7.68. The standard InChI is InChI=1S/C14H16N6O/c15-13-9-2-4-20(14(9)17-7-16-13)8-5-10(12(21)6-8)11-1-3-18-19-11/h1-4,7-8,10,12,21H,5-6H2,(H,18,19)(H2,15,16,17)/t8-,10-,12+/m1/s1. The second-order valence-electron chi connectivity index (χ2n) is 5.53. The summed E-state index contributed by atoms with van der Waals surface area (Å²) in [7, 11) is 0. The van der Waals surface area contributed by atoms with Crippen LogP contribution < -0.4 is 5.73 Å². The van der Waals surface area contributed by atoms with E-state index >= 15 is 0 Å². The minimum atomic E-state index is -0.382. The Morgan fingerprint density at radius 1 is 1.29 bits per heavy atom. The molecule has 7 nitrogen and oxygen atoms in total. The lowest BCUT2D eigenvalue weighted by Gasteiger charge is -2.13. The van der Waals surface area contributed by atoms with E-state index in [1.54, 1.807) is 6.20 Å². The van der Waals surface area contributed by atoms with Crippen LogP contribution in [0.2, 0.25) is 0 Å². The summed E-state index contributed by atoms with van der Waals surface area (Å²) in [4.78, 5) is 8.34.